The molecule has 0 heterocycles. The van der Waals surface area contributed by atoms with Gasteiger partial charge < -0.3 is 5.32 Å². The van der Waals surface area contributed by atoms with Gasteiger partial charge in [0, 0.05) is 25.7 Å². The maximum absolute atomic E-state index is 3.65. The van der Waals surface area contributed by atoms with Crippen LogP contribution in [0, 0.1) is 11.3 Å². The summed E-state index contributed by atoms with van der Waals surface area (Å²) in [5.74, 6) is 0.778. The first-order chi connectivity index (χ1) is 9.50. The number of nitrogens with one attached hydrogen (secondary N) is 1. The van der Waals surface area contributed by atoms with Crippen molar-refractivity contribution in [2.45, 2.75) is 79.2 Å². The fourth-order valence-corrected chi connectivity index (χ4v) is 3.43. The van der Waals surface area contributed by atoms with Crippen LogP contribution in [0.1, 0.15) is 73.1 Å². The quantitative estimate of drug-likeness (QED) is 0.601. The van der Waals surface area contributed by atoms with Crippen molar-refractivity contribution in [3.63, 3.8) is 0 Å². The molecule has 0 saturated heterocycles. The average molecular weight is 283 g/mol. The van der Waals surface area contributed by atoms with Gasteiger partial charge in [0.1, 0.15) is 0 Å². The molecule has 1 N–H and O–H groups in total. The zero-order chi connectivity index (χ0) is 15.0. The summed E-state index contributed by atoms with van der Waals surface area (Å²) in [6, 6.07) is 0.856. The van der Waals surface area contributed by atoms with Crippen LogP contribution in [0.2, 0.25) is 0 Å². The van der Waals surface area contributed by atoms with E-state index in [-0.39, 0.29) is 0 Å². The van der Waals surface area contributed by atoms with Gasteiger partial charge in [-0.15, -0.1) is 0 Å². The molecule has 0 aliphatic heterocycles. The molecule has 1 fully saturated rings. The third-order valence-electron chi connectivity index (χ3n) is 4.86. The predicted molar refractivity (Wildman–Crippen MR) is 90.2 cm³/mol. The highest BCUT2D eigenvalue weighted by atomic mass is 15.2. The lowest BCUT2D eigenvalue weighted by Gasteiger charge is -2.39. The summed E-state index contributed by atoms with van der Waals surface area (Å²) >= 11 is 0. The van der Waals surface area contributed by atoms with Gasteiger partial charge in [-0.3, -0.25) is 4.90 Å². The van der Waals surface area contributed by atoms with E-state index in [0.29, 0.717) is 5.41 Å². The lowest BCUT2D eigenvalue weighted by Crippen LogP contribution is -2.46. The molecule has 0 spiro atoms. The highest BCUT2D eigenvalue weighted by Gasteiger charge is 2.30. The minimum atomic E-state index is 0.423. The molecule has 0 bridgehead atoms. The maximum Gasteiger partial charge on any atom is 0.00956 e. The van der Waals surface area contributed by atoms with Gasteiger partial charge in [-0.25, -0.2) is 0 Å². The zero-order valence-electron chi connectivity index (χ0n) is 14.7. The topological polar surface area (TPSA) is 15.3 Å². The average Bonchev–Trinajstić information content (AvgIpc) is 2.92. The Morgan fingerprint density at radius 3 is 2.35 bits per heavy atom. The first-order valence-electron chi connectivity index (χ1n) is 8.95. The van der Waals surface area contributed by atoms with Gasteiger partial charge in [0.25, 0.3) is 0 Å². The minimum absolute atomic E-state index is 0.423. The molecule has 120 valence electrons. The van der Waals surface area contributed by atoms with Crippen LogP contribution in [0.4, 0.5) is 0 Å². The smallest absolute Gasteiger partial charge is 0.00956 e. The Kier molecular flexibility index (Phi) is 8.13. The van der Waals surface area contributed by atoms with E-state index in [1.54, 1.807) is 0 Å². The van der Waals surface area contributed by atoms with Crippen molar-refractivity contribution in [1.82, 2.24) is 10.2 Å². The van der Waals surface area contributed by atoms with Gasteiger partial charge in [0.05, 0.1) is 0 Å². The molecule has 1 atom stereocenters. The standard InChI is InChI=1S/C18H38N2/c1-6-12-19-14-18(5,7-2)15-20(13-16(3)4)17-10-8-9-11-17/h16-17,19H,6-15H2,1-5H3. The number of rotatable bonds is 10. The molecule has 0 aromatic carbocycles. The van der Waals surface area contributed by atoms with Crippen molar-refractivity contribution in [1.29, 1.82) is 0 Å². The molecule has 1 aliphatic carbocycles. The molecule has 0 aromatic rings. The van der Waals surface area contributed by atoms with Crippen molar-refractivity contribution in [3.8, 4) is 0 Å². The van der Waals surface area contributed by atoms with Crippen LogP contribution in [-0.4, -0.2) is 37.1 Å². The van der Waals surface area contributed by atoms with Crippen molar-refractivity contribution in [3.05, 3.63) is 0 Å². The highest BCUT2D eigenvalue weighted by molar-refractivity contribution is 4.85. The van der Waals surface area contributed by atoms with Crippen LogP contribution >= 0.6 is 0 Å². The van der Waals surface area contributed by atoms with E-state index in [1.165, 1.54) is 58.2 Å². The molecule has 0 aromatic heterocycles. The molecule has 1 unspecified atom stereocenters. The van der Waals surface area contributed by atoms with E-state index in [2.05, 4.69) is 44.8 Å². The van der Waals surface area contributed by atoms with Gasteiger partial charge in [-0.05, 0) is 43.6 Å². The second-order valence-corrected chi connectivity index (χ2v) is 7.60. The largest absolute Gasteiger partial charge is 0.316 e. The molecule has 20 heavy (non-hydrogen) atoms. The molecule has 1 rings (SSSR count). The number of nitrogens with zero attached hydrogens (tertiary/aromatic N) is 1. The Morgan fingerprint density at radius 1 is 1.20 bits per heavy atom. The Hall–Kier alpha value is -0.0800. The van der Waals surface area contributed by atoms with Gasteiger partial charge in [-0.2, -0.15) is 0 Å². The molecule has 2 nitrogen and oxygen atoms in total. The van der Waals surface area contributed by atoms with E-state index in [9.17, 15) is 0 Å². The summed E-state index contributed by atoms with van der Waals surface area (Å²) in [4.78, 5) is 2.81. The van der Waals surface area contributed by atoms with E-state index in [0.717, 1.165) is 18.5 Å². The van der Waals surface area contributed by atoms with Crippen molar-refractivity contribution < 1.29 is 0 Å². The first-order valence-corrected chi connectivity index (χ1v) is 8.95. The van der Waals surface area contributed by atoms with Gasteiger partial charge in [0.2, 0.25) is 0 Å². The van der Waals surface area contributed by atoms with Crippen LogP contribution in [0.3, 0.4) is 0 Å². The van der Waals surface area contributed by atoms with Crippen LogP contribution in [-0.2, 0) is 0 Å². The number of hydrogen-bond donors (Lipinski definition) is 1. The maximum atomic E-state index is 3.65. The molecule has 0 amide bonds. The van der Waals surface area contributed by atoms with Crippen LogP contribution in [0.15, 0.2) is 0 Å². The van der Waals surface area contributed by atoms with Gasteiger partial charge in [-0.1, -0.05) is 47.5 Å². The minimum Gasteiger partial charge on any atom is -0.316 e. The fourth-order valence-electron chi connectivity index (χ4n) is 3.43. The van der Waals surface area contributed by atoms with E-state index >= 15 is 0 Å². The van der Waals surface area contributed by atoms with Crippen LogP contribution in [0.25, 0.3) is 0 Å². The second-order valence-electron chi connectivity index (χ2n) is 7.60. The normalized spacial score (nSPS) is 19.9. The summed E-state index contributed by atoms with van der Waals surface area (Å²) in [5.41, 5.74) is 0.423. The fraction of sp³-hybridized carbons (Fsp3) is 1.00. The lowest BCUT2D eigenvalue weighted by molar-refractivity contribution is 0.102. The summed E-state index contributed by atoms with van der Waals surface area (Å²) in [5, 5.41) is 3.65. The lowest BCUT2D eigenvalue weighted by atomic mass is 9.85. The molecular formula is C18H38N2. The van der Waals surface area contributed by atoms with E-state index < -0.39 is 0 Å². The van der Waals surface area contributed by atoms with E-state index in [4.69, 9.17) is 0 Å². The third kappa shape index (κ3) is 6.13. The Morgan fingerprint density at radius 2 is 1.85 bits per heavy atom. The second kappa shape index (κ2) is 9.04. The SMILES string of the molecule is CCCNCC(C)(CC)CN(CC(C)C)C1CCCC1. The summed E-state index contributed by atoms with van der Waals surface area (Å²) in [6.45, 7) is 16.7. The van der Waals surface area contributed by atoms with Crippen LogP contribution in [0.5, 0.6) is 0 Å². The molecule has 0 radical (unpaired) electrons. The Labute approximate surface area is 127 Å². The third-order valence-corrected chi connectivity index (χ3v) is 4.86. The van der Waals surface area contributed by atoms with Crippen molar-refractivity contribution >= 4 is 0 Å². The molecule has 2 heteroatoms. The van der Waals surface area contributed by atoms with Crippen LogP contribution < -0.4 is 5.32 Å². The molecule has 1 aliphatic rings. The summed E-state index contributed by atoms with van der Waals surface area (Å²) in [7, 11) is 0. The number of hydrogen-bond acceptors (Lipinski definition) is 2. The zero-order valence-corrected chi connectivity index (χ0v) is 14.7. The Bertz CT molecular complexity index is 246. The monoisotopic (exact) mass is 282 g/mol. The predicted octanol–water partition coefficient (Wildman–Crippen LogP) is 4.30. The van der Waals surface area contributed by atoms with Crippen molar-refractivity contribution in [2.24, 2.45) is 11.3 Å². The van der Waals surface area contributed by atoms with Gasteiger partial charge in [0.15, 0.2) is 0 Å². The van der Waals surface area contributed by atoms with E-state index in [1.807, 2.05) is 0 Å². The van der Waals surface area contributed by atoms with Crippen molar-refractivity contribution in [2.75, 3.05) is 26.2 Å². The molecule has 1 saturated carbocycles. The highest BCUT2D eigenvalue weighted by Crippen LogP contribution is 2.29. The Balaban J connectivity index is 2.59. The first kappa shape index (κ1) is 18.0. The summed E-state index contributed by atoms with van der Waals surface area (Å²) in [6.07, 6.45) is 8.24. The molecular weight excluding hydrogens is 244 g/mol. The van der Waals surface area contributed by atoms with Gasteiger partial charge >= 0.3 is 0 Å². The summed E-state index contributed by atoms with van der Waals surface area (Å²) < 4.78 is 0.